The molecule has 3 rings (SSSR count). The normalized spacial score (nSPS) is 16.8. The van der Waals surface area contributed by atoms with Gasteiger partial charge in [0.05, 0.1) is 22.0 Å². The van der Waals surface area contributed by atoms with Crippen LogP contribution in [0.3, 0.4) is 0 Å². The summed E-state index contributed by atoms with van der Waals surface area (Å²) in [7, 11) is -3.43. The molecule has 1 aliphatic rings. The van der Waals surface area contributed by atoms with Crippen LogP contribution < -0.4 is 5.32 Å². The van der Waals surface area contributed by atoms with E-state index in [-0.39, 0.29) is 43.9 Å². The van der Waals surface area contributed by atoms with Gasteiger partial charge in [-0.2, -0.15) is 0 Å². The largest absolute Gasteiger partial charge is 0.351 e. The second-order valence-electron chi connectivity index (χ2n) is 7.31. The van der Waals surface area contributed by atoms with Crippen molar-refractivity contribution in [1.82, 2.24) is 14.6 Å². The van der Waals surface area contributed by atoms with Gasteiger partial charge in [-0.15, -0.1) is 0 Å². The number of sulfonamides is 1. The van der Waals surface area contributed by atoms with E-state index in [1.807, 2.05) is 0 Å². The smallest absolute Gasteiger partial charge is 0.255 e. The second kappa shape index (κ2) is 9.13. The highest BCUT2D eigenvalue weighted by molar-refractivity contribution is 7.89. The number of nitrogens with one attached hydrogen (secondary N) is 1. The summed E-state index contributed by atoms with van der Waals surface area (Å²) < 4.78 is 68.1. The summed E-state index contributed by atoms with van der Waals surface area (Å²) >= 11 is 5.76. The molecular weight excluding hydrogens is 455 g/mol. The van der Waals surface area contributed by atoms with Gasteiger partial charge in [-0.3, -0.25) is 9.78 Å². The molecule has 0 saturated carbocycles. The number of hydrogen-bond donors (Lipinski definition) is 1. The molecule has 0 atom stereocenters. The minimum Gasteiger partial charge on any atom is -0.351 e. The highest BCUT2D eigenvalue weighted by Gasteiger charge is 2.42. The second-order valence-corrected chi connectivity index (χ2v) is 9.95. The van der Waals surface area contributed by atoms with E-state index in [2.05, 4.69) is 10.3 Å². The number of carbonyl (C=O) groups excluding carboxylic acids is 1. The summed E-state index contributed by atoms with van der Waals surface area (Å²) in [6, 6.07) is 4.25. The number of hydrogen-bond acceptors (Lipinski definition) is 4. The molecule has 1 aromatic carbocycles. The molecule has 0 aliphatic carbocycles. The van der Waals surface area contributed by atoms with Gasteiger partial charge >= 0.3 is 0 Å². The van der Waals surface area contributed by atoms with E-state index < -0.39 is 49.4 Å². The van der Waals surface area contributed by atoms with Crippen molar-refractivity contribution in [2.24, 2.45) is 0 Å². The molecule has 1 amide bonds. The van der Waals surface area contributed by atoms with Crippen LogP contribution in [0.4, 0.5) is 13.2 Å². The maximum Gasteiger partial charge on any atom is 0.255 e. The third-order valence-electron chi connectivity index (χ3n) is 5.56. The maximum atomic E-state index is 14.6. The first-order chi connectivity index (χ1) is 14.6. The van der Waals surface area contributed by atoms with Gasteiger partial charge in [-0.05, 0) is 44.0 Å². The Balaban J connectivity index is 1.89. The van der Waals surface area contributed by atoms with E-state index in [4.69, 9.17) is 11.6 Å². The molecule has 0 unspecified atom stereocenters. The van der Waals surface area contributed by atoms with Crippen LogP contribution in [-0.4, -0.2) is 49.0 Å². The van der Waals surface area contributed by atoms with Gasteiger partial charge in [0.25, 0.3) is 5.91 Å². The van der Waals surface area contributed by atoms with Gasteiger partial charge in [-0.25, -0.2) is 25.9 Å². The van der Waals surface area contributed by atoms with Crippen molar-refractivity contribution in [2.75, 3.05) is 25.4 Å². The molecule has 0 spiro atoms. The first kappa shape index (κ1) is 23.5. The van der Waals surface area contributed by atoms with Crippen LogP contribution in [0.1, 0.15) is 35.8 Å². The lowest BCUT2D eigenvalue weighted by Crippen LogP contribution is -2.51. The molecule has 1 fully saturated rings. The lowest BCUT2D eigenvalue weighted by Gasteiger charge is -2.41. The lowest BCUT2D eigenvalue weighted by molar-refractivity contribution is 0.0926. The monoisotopic (exact) mass is 475 g/mol. The van der Waals surface area contributed by atoms with Crippen LogP contribution in [0.15, 0.2) is 30.5 Å². The van der Waals surface area contributed by atoms with Crippen LogP contribution in [0.5, 0.6) is 0 Å². The molecule has 2 aromatic rings. The van der Waals surface area contributed by atoms with Gasteiger partial charge in [0, 0.05) is 31.2 Å². The Labute approximate surface area is 183 Å². The Hall–Kier alpha value is -2.17. The molecule has 1 aliphatic heterocycles. The zero-order valence-electron chi connectivity index (χ0n) is 16.7. The molecule has 11 heteroatoms. The molecule has 1 saturated heterocycles. The van der Waals surface area contributed by atoms with Crippen molar-refractivity contribution in [3.8, 4) is 0 Å². The Kier molecular flexibility index (Phi) is 6.92. The summed E-state index contributed by atoms with van der Waals surface area (Å²) in [5, 5.41) is 1.85. The molecule has 0 bridgehead atoms. The van der Waals surface area contributed by atoms with Gasteiger partial charge in [0.15, 0.2) is 0 Å². The van der Waals surface area contributed by atoms with Gasteiger partial charge in [-0.1, -0.05) is 11.6 Å². The molecule has 0 radical (unpaired) electrons. The predicted molar refractivity (Wildman–Crippen MR) is 110 cm³/mol. The molecular formula is C20H21ClF3N3O3S. The average molecular weight is 476 g/mol. The molecule has 2 heterocycles. The SMILES string of the molecule is CCS(=O)(=O)N1CCC(CNC(=O)c2c(F)ccc(F)c2Cl)(c2ncccc2F)CC1. The van der Waals surface area contributed by atoms with Crippen LogP contribution >= 0.6 is 11.6 Å². The molecule has 1 N–H and O–H groups in total. The number of carbonyl (C=O) groups is 1. The van der Waals surface area contributed by atoms with Crippen molar-refractivity contribution < 1.29 is 26.4 Å². The van der Waals surface area contributed by atoms with E-state index in [1.54, 1.807) is 0 Å². The highest BCUT2D eigenvalue weighted by Crippen LogP contribution is 2.36. The molecule has 31 heavy (non-hydrogen) atoms. The average Bonchev–Trinajstić information content (AvgIpc) is 2.76. The highest BCUT2D eigenvalue weighted by atomic mass is 35.5. The Morgan fingerprint density at radius 1 is 1.16 bits per heavy atom. The molecule has 168 valence electrons. The van der Waals surface area contributed by atoms with Crippen LogP contribution in [0.25, 0.3) is 0 Å². The number of rotatable bonds is 6. The number of amides is 1. The number of aromatic nitrogens is 1. The summed E-state index contributed by atoms with van der Waals surface area (Å²) in [5.41, 5.74) is -1.60. The first-order valence-corrected chi connectivity index (χ1v) is 11.6. The fraction of sp³-hybridized carbons (Fsp3) is 0.400. The van der Waals surface area contributed by atoms with Crippen LogP contribution in [0, 0.1) is 17.5 Å². The van der Waals surface area contributed by atoms with E-state index in [9.17, 15) is 26.4 Å². The summed E-state index contributed by atoms with van der Waals surface area (Å²) in [6.45, 7) is 1.59. The quantitative estimate of drug-likeness (QED) is 0.650. The first-order valence-electron chi connectivity index (χ1n) is 9.62. The zero-order chi connectivity index (χ0) is 22.8. The number of nitrogens with zero attached hydrogens (tertiary/aromatic N) is 2. The summed E-state index contributed by atoms with van der Waals surface area (Å²) in [5.74, 6) is -3.56. The van der Waals surface area contributed by atoms with Crippen molar-refractivity contribution in [2.45, 2.75) is 25.2 Å². The van der Waals surface area contributed by atoms with E-state index >= 15 is 0 Å². The lowest BCUT2D eigenvalue weighted by atomic mass is 9.75. The Bertz CT molecular complexity index is 1090. The predicted octanol–water partition coefficient (Wildman–Crippen LogP) is 3.27. The number of piperidine rings is 1. The fourth-order valence-electron chi connectivity index (χ4n) is 3.72. The minimum atomic E-state index is -3.43. The zero-order valence-corrected chi connectivity index (χ0v) is 18.2. The van der Waals surface area contributed by atoms with Crippen LogP contribution in [0.2, 0.25) is 5.02 Å². The van der Waals surface area contributed by atoms with Gasteiger partial charge in [0.2, 0.25) is 10.0 Å². The maximum absolute atomic E-state index is 14.6. The van der Waals surface area contributed by atoms with Crippen molar-refractivity contribution in [3.63, 3.8) is 0 Å². The molecule has 1 aromatic heterocycles. The number of pyridine rings is 1. The van der Waals surface area contributed by atoms with Crippen molar-refractivity contribution in [1.29, 1.82) is 0 Å². The minimum absolute atomic E-state index is 0.0635. The number of benzene rings is 1. The summed E-state index contributed by atoms with van der Waals surface area (Å²) in [4.78, 5) is 16.7. The van der Waals surface area contributed by atoms with Crippen LogP contribution in [-0.2, 0) is 15.4 Å². The summed E-state index contributed by atoms with van der Waals surface area (Å²) in [6.07, 6.45) is 1.76. The van der Waals surface area contributed by atoms with E-state index in [0.29, 0.717) is 0 Å². The Morgan fingerprint density at radius 2 is 1.81 bits per heavy atom. The van der Waals surface area contributed by atoms with Gasteiger partial charge < -0.3 is 5.32 Å². The standard InChI is InChI=1S/C20H21ClF3N3O3S/c1-2-31(29,30)27-10-7-20(8-11-27,18-15(24)4-3-9-25-18)12-26-19(28)16-13(22)5-6-14(23)17(16)21/h3-6,9H,2,7-8,10-12H2,1H3,(H,26,28). The molecule has 6 nitrogen and oxygen atoms in total. The van der Waals surface area contributed by atoms with Crippen molar-refractivity contribution >= 4 is 27.5 Å². The topological polar surface area (TPSA) is 79.4 Å². The van der Waals surface area contributed by atoms with Gasteiger partial charge in [0.1, 0.15) is 17.5 Å². The van der Waals surface area contributed by atoms with E-state index in [1.165, 1.54) is 29.6 Å². The Morgan fingerprint density at radius 3 is 2.42 bits per heavy atom. The fourth-order valence-corrected chi connectivity index (χ4v) is 5.06. The number of halogens is 4. The van der Waals surface area contributed by atoms with E-state index in [0.717, 1.165) is 12.1 Å². The third kappa shape index (κ3) is 4.70. The van der Waals surface area contributed by atoms with Crippen molar-refractivity contribution in [3.05, 3.63) is 64.2 Å². The third-order valence-corrected chi connectivity index (χ3v) is 7.81.